The number of primary amides is 1. The van der Waals surface area contributed by atoms with Crippen molar-refractivity contribution in [3.8, 4) is 16.9 Å². The molecule has 5 rings (SSSR count). The molecule has 1 aromatic heterocycles. The van der Waals surface area contributed by atoms with Gasteiger partial charge < -0.3 is 20.5 Å². The highest BCUT2D eigenvalue weighted by Gasteiger charge is 2.41. The Kier molecular flexibility index (Phi) is 8.60. The molecule has 3 N–H and O–H groups in total. The molecule has 0 radical (unpaired) electrons. The van der Waals surface area contributed by atoms with Crippen molar-refractivity contribution in [2.24, 2.45) is 11.7 Å². The van der Waals surface area contributed by atoms with Crippen LogP contribution in [-0.4, -0.2) is 41.9 Å². The molecular formula is C30H29ClF3N3O5. The second kappa shape index (κ2) is 12.2. The second-order valence-electron chi connectivity index (χ2n) is 10.5. The van der Waals surface area contributed by atoms with Crippen molar-refractivity contribution in [2.75, 3.05) is 18.5 Å². The number of rotatable bonds is 8. The second-order valence-corrected chi connectivity index (χ2v) is 10.9. The van der Waals surface area contributed by atoms with Crippen molar-refractivity contribution < 1.29 is 32.2 Å². The van der Waals surface area contributed by atoms with Crippen molar-refractivity contribution in [3.63, 3.8) is 0 Å². The number of benzene rings is 2. The van der Waals surface area contributed by atoms with Crippen LogP contribution in [0, 0.1) is 5.92 Å². The van der Waals surface area contributed by atoms with E-state index in [0.717, 1.165) is 23.8 Å². The van der Waals surface area contributed by atoms with E-state index >= 15 is 0 Å². The van der Waals surface area contributed by atoms with Crippen molar-refractivity contribution >= 4 is 29.1 Å². The number of amides is 2. The maximum Gasteiger partial charge on any atom is 0.395 e. The number of nitrogens with two attached hydrogens (primary N) is 1. The molecule has 1 fully saturated rings. The van der Waals surface area contributed by atoms with Gasteiger partial charge in [0.15, 0.2) is 0 Å². The number of aromatic nitrogens is 1. The Balaban J connectivity index is 1.51. The quantitative estimate of drug-likeness (QED) is 0.352. The molecule has 0 spiro atoms. The van der Waals surface area contributed by atoms with E-state index in [4.69, 9.17) is 26.8 Å². The third-order valence-corrected chi connectivity index (χ3v) is 7.88. The lowest BCUT2D eigenvalue weighted by atomic mass is 9.91. The number of hydrogen-bond acceptors (Lipinski definition) is 5. The standard InChI is InChI=1S/C30H29ClF3N3O5/c31-20-7-4-18-12-19(30(32,33)34)16-42-26-15-37(27(38)14-24(26)23(18)13-20)25(10-11-41-22-2-1-3-22)29(40)36-21-8-5-17(6-9-21)28(35)39/h4-9,13-15,19,22,25H,1-3,10-12,16H2,(H2,35,39)(H,36,40)/t19-,25+/m1/s1. The van der Waals surface area contributed by atoms with E-state index in [0.29, 0.717) is 27.4 Å². The first-order valence-electron chi connectivity index (χ1n) is 13.6. The van der Waals surface area contributed by atoms with E-state index < -0.39 is 42.1 Å². The van der Waals surface area contributed by atoms with E-state index in [-0.39, 0.29) is 36.9 Å². The molecule has 2 amide bonds. The fraction of sp³-hybridized carbons (Fsp3) is 0.367. The molecule has 3 aromatic rings. The van der Waals surface area contributed by atoms with Gasteiger partial charge in [-0.1, -0.05) is 17.7 Å². The van der Waals surface area contributed by atoms with Crippen LogP contribution in [0.25, 0.3) is 11.1 Å². The van der Waals surface area contributed by atoms with Gasteiger partial charge in [-0.05, 0) is 73.2 Å². The molecule has 2 aliphatic rings. The van der Waals surface area contributed by atoms with Gasteiger partial charge >= 0.3 is 6.18 Å². The van der Waals surface area contributed by atoms with Crippen molar-refractivity contribution in [2.45, 2.75) is 50.4 Å². The van der Waals surface area contributed by atoms with Crippen LogP contribution in [0.5, 0.6) is 5.75 Å². The maximum atomic E-state index is 13.8. The van der Waals surface area contributed by atoms with E-state index in [1.807, 2.05) is 0 Å². The minimum absolute atomic E-state index is 0.0237. The minimum Gasteiger partial charge on any atom is -0.491 e. The van der Waals surface area contributed by atoms with Crippen molar-refractivity contribution in [1.29, 1.82) is 0 Å². The number of carbonyl (C=O) groups is 2. The Morgan fingerprint density at radius 1 is 1.12 bits per heavy atom. The first-order chi connectivity index (χ1) is 20.0. The van der Waals surface area contributed by atoms with E-state index in [1.165, 1.54) is 54.7 Å². The number of fused-ring (bicyclic) bond motifs is 3. The van der Waals surface area contributed by atoms with Crippen molar-refractivity contribution in [3.05, 3.63) is 81.2 Å². The summed E-state index contributed by atoms with van der Waals surface area (Å²) < 4.78 is 54.2. The first-order valence-corrected chi connectivity index (χ1v) is 13.9. The molecule has 8 nitrogen and oxygen atoms in total. The minimum atomic E-state index is -4.52. The molecule has 222 valence electrons. The normalized spacial score (nSPS) is 17.5. The summed E-state index contributed by atoms with van der Waals surface area (Å²) in [6.45, 7) is -0.479. The third-order valence-electron chi connectivity index (χ3n) is 7.65. The van der Waals surface area contributed by atoms with Gasteiger partial charge in [-0.2, -0.15) is 13.2 Å². The first kappa shape index (κ1) is 29.7. The summed E-state index contributed by atoms with van der Waals surface area (Å²) >= 11 is 6.19. The van der Waals surface area contributed by atoms with Crippen LogP contribution < -0.4 is 21.3 Å². The number of carbonyl (C=O) groups excluding carboxylic acids is 2. The summed E-state index contributed by atoms with van der Waals surface area (Å²) in [5, 5.41) is 3.03. The van der Waals surface area contributed by atoms with E-state index in [2.05, 4.69) is 5.32 Å². The Hall–Kier alpha value is -3.83. The van der Waals surface area contributed by atoms with Gasteiger partial charge in [0.2, 0.25) is 11.8 Å². The zero-order valence-electron chi connectivity index (χ0n) is 22.5. The summed E-state index contributed by atoms with van der Waals surface area (Å²) in [4.78, 5) is 38.5. The van der Waals surface area contributed by atoms with Crippen LogP contribution in [0.4, 0.5) is 18.9 Å². The number of ether oxygens (including phenoxy) is 2. The van der Waals surface area contributed by atoms with Crippen LogP contribution >= 0.6 is 11.6 Å². The van der Waals surface area contributed by atoms with E-state index in [9.17, 15) is 27.6 Å². The molecular weight excluding hydrogens is 575 g/mol. The zero-order chi connectivity index (χ0) is 30.0. The zero-order valence-corrected chi connectivity index (χ0v) is 23.2. The van der Waals surface area contributed by atoms with Gasteiger partial charge in [0.25, 0.3) is 5.56 Å². The monoisotopic (exact) mass is 603 g/mol. The van der Waals surface area contributed by atoms with Gasteiger partial charge in [-0.25, -0.2) is 0 Å². The van der Waals surface area contributed by atoms with Crippen LogP contribution in [0.15, 0.2) is 59.5 Å². The number of halogens is 4. The fourth-order valence-electron chi connectivity index (χ4n) is 5.02. The number of hydrogen-bond donors (Lipinski definition) is 2. The highest BCUT2D eigenvalue weighted by Crippen LogP contribution is 2.40. The smallest absolute Gasteiger partial charge is 0.395 e. The van der Waals surface area contributed by atoms with Gasteiger partial charge in [-0.15, -0.1) is 0 Å². The van der Waals surface area contributed by atoms with E-state index in [1.54, 1.807) is 0 Å². The number of nitrogens with zero attached hydrogens (tertiary/aromatic N) is 1. The summed E-state index contributed by atoms with van der Waals surface area (Å²) in [5.41, 5.74) is 6.39. The summed E-state index contributed by atoms with van der Waals surface area (Å²) in [5.74, 6) is -2.94. The number of alkyl halides is 3. The maximum absolute atomic E-state index is 13.8. The molecule has 0 bridgehead atoms. The Bertz CT molecular complexity index is 1540. The van der Waals surface area contributed by atoms with Gasteiger partial charge in [-0.3, -0.25) is 19.0 Å². The average molecular weight is 604 g/mol. The number of anilines is 1. The molecule has 1 aliphatic carbocycles. The highest BCUT2D eigenvalue weighted by molar-refractivity contribution is 6.30. The molecule has 2 atom stereocenters. The molecule has 2 aromatic carbocycles. The molecule has 2 heterocycles. The fourth-order valence-corrected chi connectivity index (χ4v) is 5.20. The van der Waals surface area contributed by atoms with Crippen LogP contribution in [0.2, 0.25) is 5.02 Å². The topological polar surface area (TPSA) is 113 Å². The van der Waals surface area contributed by atoms with Crippen molar-refractivity contribution in [1.82, 2.24) is 4.57 Å². The molecule has 1 saturated carbocycles. The number of nitrogens with one attached hydrogen (secondary N) is 1. The predicted molar refractivity (Wildman–Crippen MR) is 151 cm³/mol. The van der Waals surface area contributed by atoms with Crippen LogP contribution in [-0.2, 0) is 16.0 Å². The Morgan fingerprint density at radius 2 is 1.86 bits per heavy atom. The highest BCUT2D eigenvalue weighted by atomic mass is 35.5. The third kappa shape index (κ3) is 6.63. The Labute approximate surface area is 244 Å². The lowest BCUT2D eigenvalue weighted by Crippen LogP contribution is -2.35. The van der Waals surface area contributed by atoms with Crippen LogP contribution in [0.1, 0.15) is 47.6 Å². The lowest BCUT2D eigenvalue weighted by molar-refractivity contribution is -0.181. The summed E-state index contributed by atoms with van der Waals surface area (Å²) in [7, 11) is 0. The van der Waals surface area contributed by atoms with Crippen LogP contribution in [0.3, 0.4) is 0 Å². The molecule has 0 unspecified atom stereocenters. The molecule has 0 saturated heterocycles. The van der Waals surface area contributed by atoms with Gasteiger partial charge in [0.1, 0.15) is 18.4 Å². The number of pyridine rings is 1. The Morgan fingerprint density at radius 3 is 2.50 bits per heavy atom. The largest absolute Gasteiger partial charge is 0.491 e. The molecule has 12 heteroatoms. The lowest BCUT2D eigenvalue weighted by Gasteiger charge is -2.28. The summed E-state index contributed by atoms with van der Waals surface area (Å²) in [6, 6.07) is 10.6. The molecule has 1 aliphatic heterocycles. The molecule has 42 heavy (non-hydrogen) atoms. The van der Waals surface area contributed by atoms with Gasteiger partial charge in [0.05, 0.1) is 18.2 Å². The average Bonchev–Trinajstić information content (AvgIpc) is 2.90. The van der Waals surface area contributed by atoms with Gasteiger partial charge in [0, 0.05) is 40.9 Å². The predicted octanol–water partition coefficient (Wildman–Crippen LogP) is 5.52. The summed E-state index contributed by atoms with van der Waals surface area (Å²) in [6.07, 6.45) is -0.478. The SMILES string of the molecule is NC(=O)c1ccc(NC(=O)[C@H](CCOC2CCC2)n2cc3c(cc2=O)-c2cc(Cl)ccc2C[C@@H](C(F)(F)F)CO3)cc1.